The molecule has 1 saturated heterocycles. The van der Waals surface area contributed by atoms with Crippen molar-refractivity contribution in [2.75, 3.05) is 32.6 Å². The number of para-hydroxylation sites is 1. The Balaban J connectivity index is 1.59. The summed E-state index contributed by atoms with van der Waals surface area (Å²) in [7, 11) is 3.03. The second-order valence-corrected chi connectivity index (χ2v) is 8.16. The van der Waals surface area contributed by atoms with Crippen molar-refractivity contribution in [1.29, 1.82) is 0 Å². The molecule has 0 saturated carbocycles. The molecule has 2 heterocycles. The van der Waals surface area contributed by atoms with E-state index in [2.05, 4.69) is 10.3 Å². The fourth-order valence-electron chi connectivity index (χ4n) is 3.53. The van der Waals surface area contributed by atoms with Crippen molar-refractivity contribution in [3.8, 4) is 11.5 Å². The zero-order chi connectivity index (χ0) is 21.8. The molecule has 0 atom stereocenters. The first-order valence-electron chi connectivity index (χ1n) is 9.99. The van der Waals surface area contributed by atoms with Crippen LogP contribution in [0.4, 0.5) is 5.69 Å². The number of nitrogens with one attached hydrogen (secondary N) is 1. The van der Waals surface area contributed by atoms with Crippen molar-refractivity contribution in [3.63, 3.8) is 0 Å². The van der Waals surface area contributed by atoms with Crippen LogP contribution in [0.1, 0.15) is 28.2 Å². The van der Waals surface area contributed by atoms with Crippen LogP contribution < -0.4 is 14.8 Å². The van der Waals surface area contributed by atoms with Gasteiger partial charge in [0.2, 0.25) is 5.91 Å². The van der Waals surface area contributed by atoms with E-state index >= 15 is 0 Å². The van der Waals surface area contributed by atoms with Crippen molar-refractivity contribution in [1.82, 2.24) is 9.88 Å². The van der Waals surface area contributed by atoms with Crippen molar-refractivity contribution < 1.29 is 19.1 Å². The fraction of sp³-hybridized carbons (Fsp3) is 0.261. The number of hydrogen-bond acceptors (Lipinski definition) is 6. The number of rotatable bonds is 6. The van der Waals surface area contributed by atoms with Crippen molar-refractivity contribution in [3.05, 3.63) is 53.0 Å². The molecule has 160 valence electrons. The Bertz CT molecular complexity index is 1120. The third kappa shape index (κ3) is 4.54. The number of amides is 2. The van der Waals surface area contributed by atoms with E-state index in [-0.39, 0.29) is 11.8 Å². The quantitative estimate of drug-likeness (QED) is 0.585. The average Bonchev–Trinajstić information content (AvgIpc) is 3.46. The second-order valence-electron chi connectivity index (χ2n) is 7.09. The number of hydrogen-bond donors (Lipinski definition) is 1. The van der Waals surface area contributed by atoms with Crippen LogP contribution in [0.25, 0.3) is 16.3 Å². The van der Waals surface area contributed by atoms with Crippen LogP contribution in [0.15, 0.2) is 42.5 Å². The van der Waals surface area contributed by atoms with E-state index < -0.39 is 0 Å². The third-order valence-electron chi connectivity index (χ3n) is 5.09. The summed E-state index contributed by atoms with van der Waals surface area (Å²) in [5.41, 5.74) is 1.65. The summed E-state index contributed by atoms with van der Waals surface area (Å²) in [5, 5.41) is 3.55. The Morgan fingerprint density at radius 1 is 1.10 bits per heavy atom. The summed E-state index contributed by atoms with van der Waals surface area (Å²) in [6, 6.07) is 11.0. The first-order chi connectivity index (χ1) is 15.1. The Morgan fingerprint density at radius 3 is 2.52 bits per heavy atom. The van der Waals surface area contributed by atoms with Gasteiger partial charge < -0.3 is 19.7 Å². The van der Waals surface area contributed by atoms with Crippen LogP contribution in [0.3, 0.4) is 0 Å². The van der Waals surface area contributed by atoms with E-state index in [9.17, 15) is 9.59 Å². The van der Waals surface area contributed by atoms with Gasteiger partial charge in [-0.25, -0.2) is 4.98 Å². The number of ether oxygens (including phenoxy) is 2. The number of benzene rings is 2. The topological polar surface area (TPSA) is 80.8 Å². The van der Waals surface area contributed by atoms with Gasteiger partial charge >= 0.3 is 0 Å². The van der Waals surface area contributed by atoms with E-state index in [1.54, 1.807) is 23.1 Å². The lowest BCUT2D eigenvalue weighted by atomic mass is 10.1. The minimum Gasteiger partial charge on any atom is -0.493 e. The largest absolute Gasteiger partial charge is 0.493 e. The normalized spacial score (nSPS) is 13.7. The number of thiazole rings is 1. The number of likely N-dealkylation sites (tertiary alicyclic amines) is 1. The molecular weight excluding hydrogens is 414 g/mol. The summed E-state index contributed by atoms with van der Waals surface area (Å²) in [6.45, 7) is 1.41. The summed E-state index contributed by atoms with van der Waals surface area (Å²) in [4.78, 5) is 32.0. The molecule has 0 spiro atoms. The van der Waals surface area contributed by atoms with Crippen LogP contribution in [0.5, 0.6) is 11.5 Å². The number of anilines is 1. The minimum atomic E-state index is -0.359. The number of fused-ring (bicyclic) bond motifs is 1. The van der Waals surface area contributed by atoms with E-state index in [0.29, 0.717) is 35.8 Å². The highest BCUT2D eigenvalue weighted by atomic mass is 32.1. The first-order valence-corrected chi connectivity index (χ1v) is 10.8. The standard InChI is InChI=1S/C23H23N3O4S/c1-29-18-13-15(23(28)26-11-5-6-12-26)17(14-19(18)30-2)24-21(27)9-10-22-25-16-7-3-4-8-20(16)31-22/h3-4,7-10,13-14H,5-6,11-12H2,1-2H3,(H,24,27)/b10-9+. The molecular formula is C23H23N3O4S. The molecule has 3 aromatic rings. The molecule has 1 aromatic heterocycles. The summed E-state index contributed by atoms with van der Waals surface area (Å²) >= 11 is 1.51. The zero-order valence-electron chi connectivity index (χ0n) is 17.4. The highest BCUT2D eigenvalue weighted by molar-refractivity contribution is 7.19. The van der Waals surface area contributed by atoms with E-state index in [1.807, 2.05) is 24.3 Å². The highest BCUT2D eigenvalue weighted by Gasteiger charge is 2.24. The third-order valence-corrected chi connectivity index (χ3v) is 6.09. The van der Waals surface area contributed by atoms with Gasteiger partial charge in [0, 0.05) is 25.2 Å². The SMILES string of the molecule is COc1cc(NC(=O)/C=C/c2nc3ccccc3s2)c(C(=O)N2CCCC2)cc1OC. The predicted molar refractivity (Wildman–Crippen MR) is 122 cm³/mol. The second kappa shape index (κ2) is 9.18. The van der Waals surface area contributed by atoms with Crippen LogP contribution in [0, 0.1) is 0 Å². The molecule has 1 N–H and O–H groups in total. The molecule has 1 aliphatic heterocycles. The van der Waals surface area contributed by atoms with Gasteiger partial charge in [-0.15, -0.1) is 11.3 Å². The molecule has 0 radical (unpaired) electrons. The number of nitrogens with zero attached hydrogens (tertiary/aromatic N) is 2. The van der Waals surface area contributed by atoms with E-state index in [0.717, 1.165) is 28.1 Å². The summed E-state index contributed by atoms with van der Waals surface area (Å²) < 4.78 is 11.8. The van der Waals surface area contributed by atoms with Gasteiger partial charge in [-0.05, 0) is 37.1 Å². The molecule has 31 heavy (non-hydrogen) atoms. The van der Waals surface area contributed by atoms with Crippen LogP contribution in [0.2, 0.25) is 0 Å². The van der Waals surface area contributed by atoms with E-state index in [1.165, 1.54) is 31.6 Å². The Kier molecular flexibility index (Phi) is 6.18. The Hall–Kier alpha value is -3.39. The smallest absolute Gasteiger partial charge is 0.256 e. The van der Waals surface area contributed by atoms with Gasteiger partial charge in [0.05, 0.1) is 35.7 Å². The van der Waals surface area contributed by atoms with Crippen LogP contribution >= 0.6 is 11.3 Å². The lowest BCUT2D eigenvalue weighted by Crippen LogP contribution is -2.28. The van der Waals surface area contributed by atoms with Crippen molar-refractivity contribution >= 4 is 45.1 Å². The molecule has 0 aliphatic carbocycles. The Labute approximate surface area is 184 Å². The van der Waals surface area contributed by atoms with Gasteiger partial charge in [-0.2, -0.15) is 0 Å². The molecule has 8 heteroatoms. The number of methoxy groups -OCH3 is 2. The van der Waals surface area contributed by atoms with Gasteiger partial charge in [0.25, 0.3) is 5.91 Å². The van der Waals surface area contributed by atoms with Gasteiger partial charge in [0.15, 0.2) is 11.5 Å². The molecule has 4 rings (SSSR count). The maximum absolute atomic E-state index is 13.0. The maximum atomic E-state index is 13.0. The Morgan fingerprint density at radius 2 is 1.81 bits per heavy atom. The lowest BCUT2D eigenvalue weighted by molar-refractivity contribution is -0.111. The fourth-order valence-corrected chi connectivity index (χ4v) is 4.40. The highest BCUT2D eigenvalue weighted by Crippen LogP contribution is 2.34. The summed E-state index contributed by atoms with van der Waals surface area (Å²) in [5.74, 6) is 0.379. The van der Waals surface area contributed by atoms with Gasteiger partial charge in [-0.3, -0.25) is 9.59 Å². The molecule has 2 amide bonds. The molecule has 7 nitrogen and oxygen atoms in total. The molecule has 0 bridgehead atoms. The number of carbonyl (C=O) groups excluding carboxylic acids is 2. The van der Waals surface area contributed by atoms with Gasteiger partial charge in [0.1, 0.15) is 5.01 Å². The summed E-state index contributed by atoms with van der Waals surface area (Å²) in [6.07, 6.45) is 5.04. The molecule has 1 fully saturated rings. The van der Waals surface area contributed by atoms with E-state index in [4.69, 9.17) is 9.47 Å². The minimum absolute atomic E-state index is 0.135. The lowest BCUT2D eigenvalue weighted by Gasteiger charge is -2.19. The number of aromatic nitrogens is 1. The molecule has 1 aliphatic rings. The van der Waals surface area contributed by atoms with Crippen LogP contribution in [-0.2, 0) is 4.79 Å². The predicted octanol–water partition coefficient (Wildman–Crippen LogP) is 4.20. The van der Waals surface area contributed by atoms with Crippen molar-refractivity contribution in [2.45, 2.75) is 12.8 Å². The zero-order valence-corrected chi connectivity index (χ0v) is 18.2. The monoisotopic (exact) mass is 437 g/mol. The maximum Gasteiger partial charge on any atom is 0.256 e. The van der Waals surface area contributed by atoms with Gasteiger partial charge in [-0.1, -0.05) is 12.1 Å². The molecule has 2 aromatic carbocycles. The average molecular weight is 438 g/mol. The first kappa shape index (κ1) is 20.9. The number of carbonyl (C=O) groups is 2. The van der Waals surface area contributed by atoms with Crippen molar-refractivity contribution in [2.24, 2.45) is 0 Å². The van der Waals surface area contributed by atoms with Crippen LogP contribution in [-0.4, -0.2) is 49.0 Å². The molecule has 0 unspecified atom stereocenters.